The van der Waals surface area contributed by atoms with Crippen molar-refractivity contribution < 1.29 is 14.6 Å². The Morgan fingerprint density at radius 2 is 2.53 bits per heavy atom. The van der Waals surface area contributed by atoms with Crippen LogP contribution in [0, 0.1) is 5.92 Å². The smallest absolute Gasteiger partial charge is 0.136 e. The van der Waals surface area contributed by atoms with Crippen molar-refractivity contribution in [1.29, 1.82) is 0 Å². The van der Waals surface area contributed by atoms with E-state index in [-0.39, 0.29) is 12.6 Å². The SMILES string of the molecule is CN(C(=O)[O-])[C@H](CN=[N+]=[N-])C[C@H]1CCCOC1. The van der Waals surface area contributed by atoms with E-state index in [9.17, 15) is 9.90 Å². The first kappa shape index (κ1) is 13.6. The standard InChI is InChI=1S/C10H18N4O3/c1-14(10(15)16)9(6-12-13-11)5-8-3-2-4-17-7-8/h8-9H,2-7H2,1H3,(H,15,16)/p-1/t8-,9+/m1/s1. The number of rotatable bonds is 5. The summed E-state index contributed by atoms with van der Waals surface area (Å²) in [6, 6.07) is -0.331. The van der Waals surface area contributed by atoms with Gasteiger partial charge in [0.15, 0.2) is 0 Å². The molecule has 0 aliphatic carbocycles. The summed E-state index contributed by atoms with van der Waals surface area (Å²) >= 11 is 0. The Labute approximate surface area is 100.0 Å². The van der Waals surface area contributed by atoms with Gasteiger partial charge in [-0.25, -0.2) is 0 Å². The fourth-order valence-corrected chi connectivity index (χ4v) is 2.01. The second kappa shape index (κ2) is 6.98. The van der Waals surface area contributed by atoms with E-state index < -0.39 is 6.09 Å². The third-order valence-electron chi connectivity index (χ3n) is 3.05. The van der Waals surface area contributed by atoms with Gasteiger partial charge in [0.05, 0.1) is 0 Å². The van der Waals surface area contributed by atoms with E-state index in [4.69, 9.17) is 10.3 Å². The lowest BCUT2D eigenvalue weighted by Crippen LogP contribution is -2.47. The summed E-state index contributed by atoms with van der Waals surface area (Å²) in [7, 11) is 1.44. The number of likely N-dealkylation sites (N-methyl/N-ethyl adjacent to an activating group) is 1. The lowest BCUT2D eigenvalue weighted by atomic mass is 9.94. The zero-order valence-electron chi connectivity index (χ0n) is 9.91. The minimum Gasteiger partial charge on any atom is -0.530 e. The van der Waals surface area contributed by atoms with E-state index in [1.54, 1.807) is 0 Å². The molecule has 1 aliphatic rings. The lowest BCUT2D eigenvalue weighted by Gasteiger charge is -2.33. The zero-order chi connectivity index (χ0) is 12.7. The maximum absolute atomic E-state index is 10.8. The molecule has 96 valence electrons. The largest absolute Gasteiger partial charge is 0.530 e. The highest BCUT2D eigenvalue weighted by Crippen LogP contribution is 2.21. The second-order valence-corrected chi connectivity index (χ2v) is 4.26. The van der Waals surface area contributed by atoms with Crippen LogP contribution in [0.2, 0.25) is 0 Å². The van der Waals surface area contributed by atoms with Gasteiger partial charge in [-0.15, -0.1) is 0 Å². The fraction of sp³-hybridized carbons (Fsp3) is 0.900. The maximum atomic E-state index is 10.8. The van der Waals surface area contributed by atoms with E-state index in [1.807, 2.05) is 0 Å². The predicted molar refractivity (Wildman–Crippen MR) is 59.1 cm³/mol. The highest BCUT2D eigenvalue weighted by atomic mass is 16.5. The molecular weight excluding hydrogens is 224 g/mol. The van der Waals surface area contributed by atoms with Gasteiger partial charge >= 0.3 is 0 Å². The molecule has 7 heteroatoms. The van der Waals surface area contributed by atoms with Crippen LogP contribution < -0.4 is 5.11 Å². The molecule has 0 bridgehead atoms. The van der Waals surface area contributed by atoms with E-state index in [2.05, 4.69) is 10.0 Å². The van der Waals surface area contributed by atoms with Gasteiger partial charge in [-0.05, 0) is 30.7 Å². The topological polar surface area (TPSA) is 101 Å². The molecule has 0 aromatic heterocycles. The molecule has 1 rings (SSSR count). The van der Waals surface area contributed by atoms with Crippen molar-refractivity contribution in [2.75, 3.05) is 26.8 Å². The number of nitrogens with zero attached hydrogens (tertiary/aromatic N) is 4. The monoisotopic (exact) mass is 241 g/mol. The molecule has 7 nitrogen and oxygen atoms in total. The number of carboxylic acid groups (broad SMARTS) is 1. The van der Waals surface area contributed by atoms with Crippen LogP contribution in [0.1, 0.15) is 19.3 Å². The van der Waals surface area contributed by atoms with Gasteiger partial charge in [0.1, 0.15) is 6.09 Å². The molecule has 1 amide bonds. The van der Waals surface area contributed by atoms with Gasteiger partial charge in [-0.3, -0.25) is 0 Å². The van der Waals surface area contributed by atoms with Crippen LogP contribution in [0.5, 0.6) is 0 Å². The summed E-state index contributed by atoms with van der Waals surface area (Å²) in [5.74, 6) is 0.324. The fourth-order valence-electron chi connectivity index (χ4n) is 2.01. The molecule has 0 unspecified atom stereocenters. The van der Waals surface area contributed by atoms with Crippen molar-refractivity contribution in [3.63, 3.8) is 0 Å². The van der Waals surface area contributed by atoms with Crippen LogP contribution in [0.25, 0.3) is 10.4 Å². The highest BCUT2D eigenvalue weighted by molar-refractivity contribution is 5.62. The summed E-state index contributed by atoms with van der Waals surface area (Å²) in [5.41, 5.74) is 8.29. The molecule has 0 saturated carbocycles. The van der Waals surface area contributed by atoms with Crippen LogP contribution in [0.3, 0.4) is 0 Å². The van der Waals surface area contributed by atoms with Crippen molar-refractivity contribution in [3.05, 3.63) is 10.4 Å². The molecule has 0 aromatic carbocycles. The van der Waals surface area contributed by atoms with Crippen molar-refractivity contribution in [2.45, 2.75) is 25.3 Å². The first-order valence-electron chi connectivity index (χ1n) is 5.67. The van der Waals surface area contributed by atoms with Crippen LogP contribution in [-0.4, -0.2) is 43.8 Å². The third kappa shape index (κ3) is 4.50. The highest BCUT2D eigenvalue weighted by Gasteiger charge is 2.21. The number of hydrogen-bond donors (Lipinski definition) is 0. The minimum absolute atomic E-state index is 0.136. The lowest BCUT2D eigenvalue weighted by molar-refractivity contribution is -0.266. The molecule has 1 heterocycles. The molecule has 0 aromatic rings. The van der Waals surface area contributed by atoms with Crippen molar-refractivity contribution in [1.82, 2.24) is 4.90 Å². The van der Waals surface area contributed by atoms with Gasteiger partial charge in [0.25, 0.3) is 0 Å². The molecule has 17 heavy (non-hydrogen) atoms. The molecule has 1 fully saturated rings. The Hall–Kier alpha value is -1.46. The predicted octanol–water partition coefficient (Wildman–Crippen LogP) is 0.757. The van der Waals surface area contributed by atoms with E-state index in [1.165, 1.54) is 7.05 Å². The molecule has 0 radical (unpaired) electrons. The Balaban J connectivity index is 2.54. The maximum Gasteiger partial charge on any atom is 0.136 e. The average Bonchev–Trinajstić information content (AvgIpc) is 2.34. The van der Waals surface area contributed by atoms with Crippen LogP contribution in [0.15, 0.2) is 5.11 Å². The summed E-state index contributed by atoms with van der Waals surface area (Å²) in [6.45, 7) is 1.55. The zero-order valence-corrected chi connectivity index (χ0v) is 9.91. The first-order chi connectivity index (χ1) is 8.15. The Morgan fingerprint density at radius 1 is 1.76 bits per heavy atom. The third-order valence-corrected chi connectivity index (χ3v) is 3.05. The minimum atomic E-state index is -1.25. The number of azide groups is 1. The summed E-state index contributed by atoms with van der Waals surface area (Å²) in [4.78, 5) is 14.6. The second-order valence-electron chi connectivity index (χ2n) is 4.26. The average molecular weight is 241 g/mol. The quantitative estimate of drug-likeness (QED) is 0.403. The van der Waals surface area contributed by atoms with Crippen molar-refractivity contribution in [3.8, 4) is 0 Å². The Morgan fingerprint density at radius 3 is 3.06 bits per heavy atom. The van der Waals surface area contributed by atoms with Crippen molar-refractivity contribution in [2.24, 2.45) is 11.0 Å². The van der Waals surface area contributed by atoms with Crippen LogP contribution in [-0.2, 0) is 4.74 Å². The van der Waals surface area contributed by atoms with E-state index in [0.717, 1.165) is 24.3 Å². The normalized spacial score (nSPS) is 21.4. The number of hydrogen-bond acceptors (Lipinski definition) is 4. The number of amides is 1. The number of carbonyl (C=O) groups excluding carboxylic acids is 1. The van der Waals surface area contributed by atoms with E-state index in [0.29, 0.717) is 18.9 Å². The van der Waals surface area contributed by atoms with Crippen LogP contribution >= 0.6 is 0 Å². The van der Waals surface area contributed by atoms with Crippen LogP contribution in [0.4, 0.5) is 4.79 Å². The first-order valence-corrected chi connectivity index (χ1v) is 5.67. The molecule has 0 N–H and O–H groups in total. The van der Waals surface area contributed by atoms with Gasteiger partial charge in [0, 0.05) is 37.8 Å². The summed E-state index contributed by atoms with van der Waals surface area (Å²) in [5, 5.41) is 14.2. The van der Waals surface area contributed by atoms with Gasteiger partial charge < -0.3 is 19.5 Å². The van der Waals surface area contributed by atoms with Gasteiger partial charge in [-0.1, -0.05) is 5.11 Å². The van der Waals surface area contributed by atoms with E-state index >= 15 is 0 Å². The number of ether oxygens (including phenoxy) is 1. The molecule has 1 saturated heterocycles. The molecule has 0 spiro atoms. The van der Waals surface area contributed by atoms with Gasteiger partial charge in [0.2, 0.25) is 0 Å². The van der Waals surface area contributed by atoms with Gasteiger partial charge in [-0.2, -0.15) is 0 Å². The Bertz CT molecular complexity index is 298. The van der Waals surface area contributed by atoms with Crippen molar-refractivity contribution >= 4 is 6.09 Å². The summed E-state index contributed by atoms with van der Waals surface area (Å²) in [6.07, 6.45) is 1.41. The number of carbonyl (C=O) groups is 1. The Kier molecular flexibility index (Phi) is 5.59. The summed E-state index contributed by atoms with van der Waals surface area (Å²) < 4.78 is 5.34. The molecule has 2 atom stereocenters. The molecular formula is C10H17N4O3-. The molecule has 1 aliphatic heterocycles.